The van der Waals surface area contributed by atoms with E-state index in [0.29, 0.717) is 6.54 Å². The summed E-state index contributed by atoms with van der Waals surface area (Å²) in [7, 11) is 0. The highest BCUT2D eigenvalue weighted by Crippen LogP contribution is 2.16. The van der Waals surface area contributed by atoms with E-state index in [1.54, 1.807) is 12.2 Å². The molecule has 0 aliphatic heterocycles. The highest BCUT2D eigenvalue weighted by molar-refractivity contribution is 5.98. The standard InChI is InChI=1S/C10H11F4N3O/c1-2-15-8-7(3-6(11)4-16-8)9(18)17-5-10(12,13)14/h3-4H,2,5H2,1H3,(H,15,16)(H,17,18). The number of amides is 1. The molecule has 2 N–H and O–H groups in total. The van der Waals surface area contributed by atoms with Gasteiger partial charge in [0.15, 0.2) is 0 Å². The maximum atomic E-state index is 12.9. The monoisotopic (exact) mass is 265 g/mol. The molecule has 0 saturated heterocycles. The van der Waals surface area contributed by atoms with Crippen LogP contribution in [0.5, 0.6) is 0 Å². The number of carbonyl (C=O) groups excluding carboxylic acids is 1. The second-order valence-electron chi connectivity index (χ2n) is 3.38. The maximum Gasteiger partial charge on any atom is 0.405 e. The minimum absolute atomic E-state index is 0.0403. The van der Waals surface area contributed by atoms with Gasteiger partial charge in [-0.15, -0.1) is 0 Å². The molecule has 1 aromatic rings. The second kappa shape index (κ2) is 5.65. The lowest BCUT2D eigenvalue weighted by atomic mass is 10.2. The maximum absolute atomic E-state index is 12.9. The number of aromatic nitrogens is 1. The van der Waals surface area contributed by atoms with Gasteiger partial charge in [0.2, 0.25) is 0 Å². The molecule has 1 aromatic heterocycles. The predicted molar refractivity (Wildman–Crippen MR) is 56.7 cm³/mol. The van der Waals surface area contributed by atoms with Crippen LogP contribution in [0, 0.1) is 5.82 Å². The number of hydrogen-bond acceptors (Lipinski definition) is 3. The Labute approximate surface area is 100 Å². The molecule has 4 nitrogen and oxygen atoms in total. The summed E-state index contributed by atoms with van der Waals surface area (Å²) < 4.78 is 48.7. The predicted octanol–water partition coefficient (Wildman–Crippen LogP) is 1.94. The highest BCUT2D eigenvalue weighted by atomic mass is 19.4. The third-order valence-electron chi connectivity index (χ3n) is 1.89. The zero-order chi connectivity index (χ0) is 13.8. The van der Waals surface area contributed by atoms with Crippen LogP contribution in [0.2, 0.25) is 0 Å². The SMILES string of the molecule is CCNc1ncc(F)cc1C(=O)NCC(F)(F)F. The van der Waals surface area contributed by atoms with Gasteiger partial charge >= 0.3 is 6.18 Å². The first-order valence-corrected chi connectivity index (χ1v) is 5.08. The first-order chi connectivity index (χ1) is 8.33. The van der Waals surface area contributed by atoms with E-state index in [1.165, 1.54) is 0 Å². The largest absolute Gasteiger partial charge is 0.405 e. The summed E-state index contributed by atoms with van der Waals surface area (Å²) in [6.45, 7) is 0.633. The van der Waals surface area contributed by atoms with E-state index in [1.807, 2.05) is 0 Å². The van der Waals surface area contributed by atoms with Crippen molar-refractivity contribution in [2.75, 3.05) is 18.4 Å². The molecule has 1 heterocycles. The Morgan fingerprint density at radius 2 is 2.11 bits per heavy atom. The molecule has 18 heavy (non-hydrogen) atoms. The zero-order valence-electron chi connectivity index (χ0n) is 9.44. The molecule has 1 rings (SSSR count). The Bertz CT molecular complexity index is 434. The van der Waals surface area contributed by atoms with Crippen LogP contribution in [0.1, 0.15) is 17.3 Å². The number of anilines is 1. The summed E-state index contributed by atoms with van der Waals surface area (Å²) in [5, 5.41) is 4.32. The molecule has 0 atom stereocenters. The number of rotatable bonds is 4. The van der Waals surface area contributed by atoms with E-state index in [2.05, 4.69) is 10.3 Å². The molecule has 0 unspecified atom stereocenters. The molecule has 0 aromatic carbocycles. The number of hydrogen-bond donors (Lipinski definition) is 2. The first-order valence-electron chi connectivity index (χ1n) is 5.08. The van der Waals surface area contributed by atoms with Crippen molar-refractivity contribution in [3.8, 4) is 0 Å². The van der Waals surface area contributed by atoms with Gasteiger partial charge in [-0.3, -0.25) is 4.79 Å². The molecule has 0 bridgehead atoms. The van der Waals surface area contributed by atoms with Crippen LogP contribution in [0.15, 0.2) is 12.3 Å². The molecule has 0 radical (unpaired) electrons. The van der Waals surface area contributed by atoms with Gasteiger partial charge in [-0.25, -0.2) is 9.37 Å². The zero-order valence-corrected chi connectivity index (χ0v) is 9.44. The molecular weight excluding hydrogens is 254 g/mol. The van der Waals surface area contributed by atoms with Crippen LogP contribution >= 0.6 is 0 Å². The first kappa shape index (κ1) is 14.2. The topological polar surface area (TPSA) is 54.0 Å². The highest BCUT2D eigenvalue weighted by Gasteiger charge is 2.28. The molecule has 8 heteroatoms. The van der Waals surface area contributed by atoms with Crippen LogP contribution in [0.4, 0.5) is 23.4 Å². The van der Waals surface area contributed by atoms with Crippen molar-refractivity contribution in [2.45, 2.75) is 13.1 Å². The van der Waals surface area contributed by atoms with Gasteiger partial charge in [-0.05, 0) is 13.0 Å². The Balaban J connectivity index is 2.86. The van der Waals surface area contributed by atoms with Crippen molar-refractivity contribution in [3.05, 3.63) is 23.6 Å². The van der Waals surface area contributed by atoms with Crippen molar-refractivity contribution in [1.82, 2.24) is 10.3 Å². The summed E-state index contributed by atoms with van der Waals surface area (Å²) in [6, 6.07) is 0.830. The lowest BCUT2D eigenvalue weighted by Crippen LogP contribution is -2.34. The fourth-order valence-corrected chi connectivity index (χ4v) is 1.20. The average Bonchev–Trinajstić information content (AvgIpc) is 2.27. The molecule has 0 fully saturated rings. The van der Waals surface area contributed by atoms with E-state index in [0.717, 1.165) is 12.3 Å². The number of pyridine rings is 1. The smallest absolute Gasteiger partial charge is 0.370 e. The van der Waals surface area contributed by atoms with Crippen LogP contribution in [0.3, 0.4) is 0 Å². The van der Waals surface area contributed by atoms with Gasteiger partial charge in [-0.1, -0.05) is 0 Å². The van der Waals surface area contributed by atoms with Gasteiger partial charge in [0.25, 0.3) is 5.91 Å². The summed E-state index contributed by atoms with van der Waals surface area (Å²) in [5.74, 6) is -1.79. The minimum Gasteiger partial charge on any atom is -0.370 e. The summed E-state index contributed by atoms with van der Waals surface area (Å²) in [4.78, 5) is 15.1. The van der Waals surface area contributed by atoms with Crippen LogP contribution in [-0.4, -0.2) is 30.2 Å². The quantitative estimate of drug-likeness (QED) is 0.818. The van der Waals surface area contributed by atoms with Crippen molar-refractivity contribution < 1.29 is 22.4 Å². The Morgan fingerprint density at radius 3 is 2.67 bits per heavy atom. The fourth-order valence-electron chi connectivity index (χ4n) is 1.20. The lowest BCUT2D eigenvalue weighted by molar-refractivity contribution is -0.123. The van der Waals surface area contributed by atoms with E-state index >= 15 is 0 Å². The third-order valence-corrected chi connectivity index (χ3v) is 1.89. The van der Waals surface area contributed by atoms with Crippen LogP contribution in [0.25, 0.3) is 0 Å². The van der Waals surface area contributed by atoms with E-state index in [4.69, 9.17) is 0 Å². The summed E-state index contributed by atoms with van der Waals surface area (Å²) in [6.07, 6.45) is -3.65. The van der Waals surface area contributed by atoms with E-state index in [9.17, 15) is 22.4 Å². The molecule has 0 saturated carbocycles. The minimum atomic E-state index is -4.52. The summed E-state index contributed by atoms with van der Waals surface area (Å²) >= 11 is 0. The van der Waals surface area contributed by atoms with E-state index in [-0.39, 0.29) is 11.4 Å². The number of nitrogens with one attached hydrogen (secondary N) is 2. The third kappa shape index (κ3) is 4.19. The van der Waals surface area contributed by atoms with Crippen LogP contribution in [-0.2, 0) is 0 Å². The number of halogens is 4. The van der Waals surface area contributed by atoms with Crippen molar-refractivity contribution in [1.29, 1.82) is 0 Å². The van der Waals surface area contributed by atoms with Crippen molar-refractivity contribution in [2.24, 2.45) is 0 Å². The van der Waals surface area contributed by atoms with E-state index < -0.39 is 24.4 Å². The summed E-state index contributed by atoms with van der Waals surface area (Å²) in [5.41, 5.74) is -0.263. The molecular formula is C10H11F4N3O. The number of nitrogens with zero attached hydrogens (tertiary/aromatic N) is 1. The second-order valence-corrected chi connectivity index (χ2v) is 3.38. The van der Waals surface area contributed by atoms with Gasteiger partial charge in [0.1, 0.15) is 18.2 Å². The van der Waals surface area contributed by atoms with Crippen molar-refractivity contribution >= 4 is 11.7 Å². The fraction of sp³-hybridized carbons (Fsp3) is 0.400. The normalized spacial score (nSPS) is 11.2. The molecule has 1 amide bonds. The lowest BCUT2D eigenvalue weighted by Gasteiger charge is -2.11. The van der Waals surface area contributed by atoms with Gasteiger partial charge < -0.3 is 10.6 Å². The Kier molecular flexibility index (Phi) is 4.46. The molecule has 0 aliphatic carbocycles. The van der Waals surface area contributed by atoms with Gasteiger partial charge in [0, 0.05) is 6.54 Å². The molecule has 0 aliphatic rings. The van der Waals surface area contributed by atoms with Gasteiger partial charge in [-0.2, -0.15) is 13.2 Å². The van der Waals surface area contributed by atoms with Crippen molar-refractivity contribution in [3.63, 3.8) is 0 Å². The molecule has 100 valence electrons. The molecule has 0 spiro atoms. The van der Waals surface area contributed by atoms with Crippen LogP contribution < -0.4 is 10.6 Å². The number of alkyl halides is 3. The average molecular weight is 265 g/mol. The Morgan fingerprint density at radius 1 is 1.44 bits per heavy atom. The Hall–Kier alpha value is -1.86. The van der Waals surface area contributed by atoms with Gasteiger partial charge in [0.05, 0.1) is 11.8 Å². The number of carbonyl (C=O) groups is 1.